The molecule has 0 aliphatic rings. The first-order valence-electron chi connectivity index (χ1n) is 6.42. The minimum atomic E-state index is 0.476. The number of unbranched alkanes of at least 4 members (excludes halogenated alkanes) is 5. The number of ether oxygens (including phenoxy) is 1. The van der Waals surface area contributed by atoms with Crippen LogP contribution in [-0.4, -0.2) is 12.7 Å². The molecular weight excluding hydrogens is 172 g/mol. The maximum Gasteiger partial charge on any atom is 0.0547 e. The molecule has 0 rings (SSSR count). The normalized spacial score (nSPS) is 13.1. The third-order valence-corrected chi connectivity index (χ3v) is 2.61. The Hall–Kier alpha value is -0.0400. The smallest absolute Gasteiger partial charge is 0.0547 e. The molecule has 0 spiro atoms. The molecule has 1 heteroatoms. The maximum atomic E-state index is 5.72. The number of hydrogen-bond acceptors (Lipinski definition) is 1. The van der Waals surface area contributed by atoms with Crippen LogP contribution in [-0.2, 0) is 4.74 Å². The van der Waals surface area contributed by atoms with E-state index in [2.05, 4.69) is 20.8 Å². The Morgan fingerprint density at radius 3 is 2.14 bits per heavy atom. The van der Waals surface area contributed by atoms with Crippen LogP contribution in [0.2, 0.25) is 0 Å². The van der Waals surface area contributed by atoms with Gasteiger partial charge >= 0.3 is 0 Å². The van der Waals surface area contributed by atoms with Crippen molar-refractivity contribution in [3.05, 3.63) is 0 Å². The van der Waals surface area contributed by atoms with Gasteiger partial charge in [-0.05, 0) is 19.8 Å². The lowest BCUT2D eigenvalue weighted by Gasteiger charge is -2.12. The molecule has 0 amide bonds. The summed E-state index contributed by atoms with van der Waals surface area (Å²) in [6, 6.07) is 0. The van der Waals surface area contributed by atoms with E-state index in [9.17, 15) is 0 Å². The van der Waals surface area contributed by atoms with Crippen molar-refractivity contribution in [2.24, 2.45) is 0 Å². The van der Waals surface area contributed by atoms with Crippen LogP contribution >= 0.6 is 0 Å². The Labute approximate surface area is 90.2 Å². The van der Waals surface area contributed by atoms with Gasteiger partial charge in [0.1, 0.15) is 0 Å². The van der Waals surface area contributed by atoms with E-state index in [-0.39, 0.29) is 0 Å². The summed E-state index contributed by atoms with van der Waals surface area (Å²) in [5.74, 6) is 0. The third-order valence-electron chi connectivity index (χ3n) is 2.61. The molecule has 14 heavy (non-hydrogen) atoms. The van der Waals surface area contributed by atoms with E-state index in [0.717, 1.165) is 6.61 Å². The Balaban J connectivity index is 3.07. The van der Waals surface area contributed by atoms with E-state index >= 15 is 0 Å². The molecule has 0 aromatic rings. The largest absolute Gasteiger partial charge is 0.379 e. The first-order chi connectivity index (χ1) is 6.81. The van der Waals surface area contributed by atoms with Gasteiger partial charge in [-0.3, -0.25) is 0 Å². The highest BCUT2D eigenvalue weighted by molar-refractivity contribution is 4.51. The van der Waals surface area contributed by atoms with Gasteiger partial charge in [-0.1, -0.05) is 52.4 Å². The molecule has 0 bridgehead atoms. The van der Waals surface area contributed by atoms with Gasteiger partial charge in [0.05, 0.1) is 6.10 Å². The van der Waals surface area contributed by atoms with Crippen molar-refractivity contribution in [2.45, 2.75) is 78.2 Å². The summed E-state index contributed by atoms with van der Waals surface area (Å²) in [4.78, 5) is 0. The molecule has 0 aliphatic carbocycles. The second kappa shape index (κ2) is 11.0. The molecule has 0 saturated heterocycles. The second-order valence-corrected chi connectivity index (χ2v) is 4.24. The molecule has 0 aromatic heterocycles. The molecule has 0 fully saturated rings. The molecule has 0 saturated carbocycles. The van der Waals surface area contributed by atoms with Crippen LogP contribution in [0, 0.1) is 0 Å². The summed E-state index contributed by atoms with van der Waals surface area (Å²) < 4.78 is 5.72. The summed E-state index contributed by atoms with van der Waals surface area (Å²) in [7, 11) is 0. The Kier molecular flexibility index (Phi) is 11.0. The van der Waals surface area contributed by atoms with Gasteiger partial charge in [0.15, 0.2) is 0 Å². The van der Waals surface area contributed by atoms with E-state index in [1.807, 2.05) is 0 Å². The van der Waals surface area contributed by atoms with Crippen molar-refractivity contribution in [3.8, 4) is 0 Å². The van der Waals surface area contributed by atoms with Crippen molar-refractivity contribution < 1.29 is 4.74 Å². The van der Waals surface area contributed by atoms with Crippen molar-refractivity contribution in [3.63, 3.8) is 0 Å². The molecule has 0 aromatic carbocycles. The van der Waals surface area contributed by atoms with E-state index in [0.29, 0.717) is 6.10 Å². The zero-order chi connectivity index (χ0) is 10.6. The van der Waals surface area contributed by atoms with Gasteiger partial charge in [-0.25, -0.2) is 0 Å². The molecular formula is C13H28O. The Morgan fingerprint density at radius 1 is 0.857 bits per heavy atom. The average molecular weight is 200 g/mol. The Morgan fingerprint density at radius 2 is 1.50 bits per heavy atom. The molecule has 0 unspecified atom stereocenters. The van der Waals surface area contributed by atoms with E-state index in [4.69, 9.17) is 4.74 Å². The number of hydrogen-bond donors (Lipinski definition) is 0. The monoisotopic (exact) mass is 200 g/mol. The van der Waals surface area contributed by atoms with E-state index < -0.39 is 0 Å². The summed E-state index contributed by atoms with van der Waals surface area (Å²) in [5, 5.41) is 0. The molecule has 0 N–H and O–H groups in total. The van der Waals surface area contributed by atoms with Gasteiger partial charge in [-0.15, -0.1) is 0 Å². The van der Waals surface area contributed by atoms with Crippen LogP contribution in [0.4, 0.5) is 0 Å². The van der Waals surface area contributed by atoms with Crippen molar-refractivity contribution in [1.82, 2.24) is 0 Å². The quantitative estimate of drug-likeness (QED) is 0.470. The zero-order valence-corrected chi connectivity index (χ0v) is 10.3. The standard InChI is InChI=1S/C13H28O/c1-4-6-8-9-11-13(3)14-12-10-7-5-2/h13H,4-12H2,1-3H3/t13-/m1/s1. The summed E-state index contributed by atoms with van der Waals surface area (Å²) in [6.45, 7) is 7.65. The molecule has 1 nitrogen and oxygen atoms in total. The average Bonchev–Trinajstić information content (AvgIpc) is 2.19. The maximum absolute atomic E-state index is 5.72. The highest BCUT2D eigenvalue weighted by Crippen LogP contribution is 2.08. The van der Waals surface area contributed by atoms with Crippen molar-refractivity contribution in [2.75, 3.05) is 6.61 Å². The highest BCUT2D eigenvalue weighted by atomic mass is 16.5. The molecule has 0 heterocycles. The first-order valence-corrected chi connectivity index (χ1v) is 6.42. The number of rotatable bonds is 10. The van der Waals surface area contributed by atoms with Crippen molar-refractivity contribution in [1.29, 1.82) is 0 Å². The predicted octanol–water partition coefficient (Wildman–Crippen LogP) is 4.55. The Bertz CT molecular complexity index is 89.4. The van der Waals surface area contributed by atoms with E-state index in [1.54, 1.807) is 0 Å². The second-order valence-electron chi connectivity index (χ2n) is 4.24. The SMILES string of the molecule is CCCCCC[C@@H](C)OCCCCC. The minimum Gasteiger partial charge on any atom is -0.379 e. The van der Waals surface area contributed by atoms with Crippen molar-refractivity contribution >= 4 is 0 Å². The summed E-state index contributed by atoms with van der Waals surface area (Å²) >= 11 is 0. The van der Waals surface area contributed by atoms with Crippen LogP contribution in [0.5, 0.6) is 0 Å². The summed E-state index contributed by atoms with van der Waals surface area (Å²) in [6.07, 6.45) is 11.0. The van der Waals surface area contributed by atoms with Gasteiger partial charge < -0.3 is 4.74 Å². The van der Waals surface area contributed by atoms with Crippen LogP contribution in [0.25, 0.3) is 0 Å². The van der Waals surface area contributed by atoms with Gasteiger partial charge in [0.2, 0.25) is 0 Å². The molecule has 1 atom stereocenters. The summed E-state index contributed by atoms with van der Waals surface area (Å²) in [5.41, 5.74) is 0. The highest BCUT2D eigenvalue weighted by Gasteiger charge is 2.00. The lowest BCUT2D eigenvalue weighted by Crippen LogP contribution is -2.09. The van der Waals surface area contributed by atoms with Crippen LogP contribution in [0.15, 0.2) is 0 Å². The first kappa shape index (κ1) is 14.0. The van der Waals surface area contributed by atoms with Crippen LogP contribution < -0.4 is 0 Å². The minimum absolute atomic E-state index is 0.476. The molecule has 0 aliphatic heterocycles. The van der Waals surface area contributed by atoms with Gasteiger partial charge in [0.25, 0.3) is 0 Å². The molecule has 86 valence electrons. The fourth-order valence-corrected chi connectivity index (χ4v) is 1.58. The molecule has 0 radical (unpaired) electrons. The third kappa shape index (κ3) is 10.0. The zero-order valence-electron chi connectivity index (χ0n) is 10.3. The van der Waals surface area contributed by atoms with Crippen LogP contribution in [0.1, 0.15) is 72.1 Å². The van der Waals surface area contributed by atoms with Crippen LogP contribution in [0.3, 0.4) is 0 Å². The van der Waals surface area contributed by atoms with E-state index in [1.165, 1.54) is 51.4 Å². The topological polar surface area (TPSA) is 9.23 Å². The fourth-order valence-electron chi connectivity index (χ4n) is 1.58. The fraction of sp³-hybridized carbons (Fsp3) is 1.00. The predicted molar refractivity (Wildman–Crippen MR) is 63.7 cm³/mol. The lowest BCUT2D eigenvalue weighted by atomic mass is 10.1. The lowest BCUT2D eigenvalue weighted by molar-refractivity contribution is 0.0559. The van der Waals surface area contributed by atoms with Gasteiger partial charge in [0, 0.05) is 6.61 Å². The van der Waals surface area contributed by atoms with Gasteiger partial charge in [-0.2, -0.15) is 0 Å².